The first-order valence-corrected chi connectivity index (χ1v) is 4.82. The van der Waals surface area contributed by atoms with E-state index < -0.39 is 0 Å². The molecule has 0 aromatic rings. The molecule has 64 valence electrons. The molecule has 1 saturated carbocycles. The second kappa shape index (κ2) is 2.01. The number of fused-ring (bicyclic) bond motifs is 1. The van der Waals surface area contributed by atoms with E-state index in [1.165, 1.54) is 25.8 Å². The molecule has 0 radical (unpaired) electrons. The average Bonchev–Trinajstić information content (AvgIpc) is 2.34. The Morgan fingerprint density at radius 1 is 1.27 bits per heavy atom. The molecule has 0 bridgehead atoms. The molecule has 0 amide bonds. The topological polar surface area (TPSA) is 12.0 Å². The fourth-order valence-electron chi connectivity index (χ4n) is 3.07. The van der Waals surface area contributed by atoms with Crippen molar-refractivity contribution >= 4 is 0 Å². The van der Waals surface area contributed by atoms with Crippen LogP contribution in [0.4, 0.5) is 0 Å². The van der Waals surface area contributed by atoms with E-state index in [1.54, 1.807) is 0 Å². The highest BCUT2D eigenvalue weighted by molar-refractivity contribution is 5.08. The Balaban J connectivity index is 2.33. The SMILES string of the molecule is CC1NC[C@]2(C)CCC[C@]12C. The zero-order valence-corrected chi connectivity index (χ0v) is 7.91. The predicted molar refractivity (Wildman–Crippen MR) is 47.5 cm³/mol. The van der Waals surface area contributed by atoms with Crippen LogP contribution in [-0.2, 0) is 0 Å². The Labute approximate surface area is 69.6 Å². The molecule has 1 saturated heterocycles. The zero-order valence-electron chi connectivity index (χ0n) is 7.91. The van der Waals surface area contributed by atoms with Gasteiger partial charge < -0.3 is 5.32 Å². The lowest BCUT2D eigenvalue weighted by atomic mass is 9.68. The minimum Gasteiger partial charge on any atom is -0.313 e. The summed E-state index contributed by atoms with van der Waals surface area (Å²) in [6.45, 7) is 8.50. The molecule has 2 rings (SSSR count). The average molecular weight is 153 g/mol. The maximum atomic E-state index is 3.60. The van der Waals surface area contributed by atoms with Crippen molar-refractivity contribution in [3.8, 4) is 0 Å². The van der Waals surface area contributed by atoms with Crippen LogP contribution in [0.15, 0.2) is 0 Å². The molecule has 3 atom stereocenters. The molecule has 0 aromatic carbocycles. The zero-order chi connectivity index (χ0) is 8.11. The molecule has 1 aliphatic carbocycles. The Bertz CT molecular complexity index is 178. The van der Waals surface area contributed by atoms with Crippen molar-refractivity contribution in [2.75, 3.05) is 6.54 Å². The van der Waals surface area contributed by atoms with Crippen molar-refractivity contribution in [1.29, 1.82) is 0 Å². The summed E-state index contributed by atoms with van der Waals surface area (Å²) in [7, 11) is 0. The largest absolute Gasteiger partial charge is 0.313 e. The van der Waals surface area contributed by atoms with Crippen LogP contribution in [0.3, 0.4) is 0 Å². The van der Waals surface area contributed by atoms with Crippen LogP contribution in [-0.4, -0.2) is 12.6 Å². The van der Waals surface area contributed by atoms with E-state index >= 15 is 0 Å². The molecular weight excluding hydrogens is 134 g/mol. The second-order valence-electron chi connectivity index (χ2n) is 4.93. The van der Waals surface area contributed by atoms with Gasteiger partial charge in [0.1, 0.15) is 0 Å². The summed E-state index contributed by atoms with van der Waals surface area (Å²) < 4.78 is 0. The van der Waals surface area contributed by atoms with Crippen LogP contribution in [0.1, 0.15) is 40.0 Å². The molecular formula is C10H19N. The summed E-state index contributed by atoms with van der Waals surface area (Å²) in [5.41, 5.74) is 1.19. The lowest BCUT2D eigenvalue weighted by molar-refractivity contribution is 0.153. The van der Waals surface area contributed by atoms with Gasteiger partial charge in [0.15, 0.2) is 0 Å². The predicted octanol–water partition coefficient (Wildman–Crippen LogP) is 2.17. The molecule has 1 unspecified atom stereocenters. The van der Waals surface area contributed by atoms with Gasteiger partial charge in [0.05, 0.1) is 0 Å². The van der Waals surface area contributed by atoms with Crippen LogP contribution in [0.5, 0.6) is 0 Å². The van der Waals surface area contributed by atoms with Gasteiger partial charge in [-0.15, -0.1) is 0 Å². The van der Waals surface area contributed by atoms with Crippen LogP contribution in [0.2, 0.25) is 0 Å². The highest BCUT2D eigenvalue weighted by atomic mass is 15.0. The first-order chi connectivity index (χ1) is 5.08. The van der Waals surface area contributed by atoms with Gasteiger partial charge in [0.25, 0.3) is 0 Å². The maximum Gasteiger partial charge on any atom is 0.00984 e. The standard InChI is InChI=1S/C10H19N/c1-8-10(3)6-4-5-9(10,2)7-11-8/h8,11H,4-7H2,1-3H3/t8?,9-,10+/m0/s1. The Morgan fingerprint density at radius 3 is 2.64 bits per heavy atom. The summed E-state index contributed by atoms with van der Waals surface area (Å²) in [6.07, 6.45) is 4.30. The molecule has 2 aliphatic rings. The van der Waals surface area contributed by atoms with Crippen molar-refractivity contribution in [3.05, 3.63) is 0 Å². The van der Waals surface area contributed by atoms with Gasteiger partial charge in [-0.05, 0) is 30.6 Å². The van der Waals surface area contributed by atoms with Gasteiger partial charge >= 0.3 is 0 Å². The van der Waals surface area contributed by atoms with Gasteiger partial charge in [-0.2, -0.15) is 0 Å². The van der Waals surface area contributed by atoms with Crippen molar-refractivity contribution < 1.29 is 0 Å². The van der Waals surface area contributed by atoms with Gasteiger partial charge in [0, 0.05) is 12.6 Å². The normalized spacial score (nSPS) is 56.5. The molecule has 0 spiro atoms. The molecule has 1 nitrogen and oxygen atoms in total. The Kier molecular flexibility index (Phi) is 1.39. The molecule has 1 N–H and O–H groups in total. The third kappa shape index (κ3) is 0.752. The minimum absolute atomic E-state index is 0.590. The van der Waals surface area contributed by atoms with Gasteiger partial charge in [-0.25, -0.2) is 0 Å². The van der Waals surface area contributed by atoms with Crippen molar-refractivity contribution in [2.45, 2.75) is 46.1 Å². The highest BCUT2D eigenvalue weighted by Gasteiger charge is 2.55. The first kappa shape index (κ1) is 7.60. The number of nitrogens with one attached hydrogen (secondary N) is 1. The molecule has 0 aromatic heterocycles. The molecule has 1 aliphatic heterocycles. The van der Waals surface area contributed by atoms with Crippen LogP contribution >= 0.6 is 0 Å². The molecule has 1 heterocycles. The fraction of sp³-hybridized carbons (Fsp3) is 1.00. The summed E-state index contributed by atoms with van der Waals surface area (Å²) in [5.74, 6) is 0. The van der Waals surface area contributed by atoms with Crippen molar-refractivity contribution in [2.24, 2.45) is 10.8 Å². The van der Waals surface area contributed by atoms with Gasteiger partial charge in [-0.3, -0.25) is 0 Å². The van der Waals surface area contributed by atoms with Gasteiger partial charge in [-0.1, -0.05) is 20.3 Å². The molecule has 2 fully saturated rings. The van der Waals surface area contributed by atoms with Crippen LogP contribution in [0.25, 0.3) is 0 Å². The third-order valence-corrected chi connectivity index (χ3v) is 4.56. The van der Waals surface area contributed by atoms with E-state index in [0.717, 1.165) is 6.04 Å². The van der Waals surface area contributed by atoms with Crippen molar-refractivity contribution in [1.82, 2.24) is 5.32 Å². The van der Waals surface area contributed by atoms with E-state index in [1.807, 2.05) is 0 Å². The summed E-state index contributed by atoms with van der Waals surface area (Å²) >= 11 is 0. The van der Waals surface area contributed by atoms with E-state index in [0.29, 0.717) is 10.8 Å². The Hall–Kier alpha value is -0.0400. The van der Waals surface area contributed by atoms with Gasteiger partial charge in [0.2, 0.25) is 0 Å². The first-order valence-electron chi connectivity index (χ1n) is 4.82. The minimum atomic E-state index is 0.590. The van der Waals surface area contributed by atoms with Crippen LogP contribution < -0.4 is 5.32 Å². The molecule has 1 heteroatoms. The summed E-state index contributed by atoms with van der Waals surface area (Å²) in [6, 6.07) is 0.731. The number of hydrogen-bond donors (Lipinski definition) is 1. The molecule has 11 heavy (non-hydrogen) atoms. The summed E-state index contributed by atoms with van der Waals surface area (Å²) in [5, 5.41) is 3.60. The lowest BCUT2D eigenvalue weighted by Crippen LogP contribution is -2.35. The Morgan fingerprint density at radius 2 is 2.00 bits per heavy atom. The van der Waals surface area contributed by atoms with Crippen LogP contribution in [0, 0.1) is 10.8 Å². The van der Waals surface area contributed by atoms with E-state index in [9.17, 15) is 0 Å². The maximum absolute atomic E-state index is 3.60. The number of hydrogen-bond acceptors (Lipinski definition) is 1. The second-order valence-corrected chi connectivity index (χ2v) is 4.93. The lowest BCUT2D eigenvalue weighted by Gasteiger charge is -2.36. The monoisotopic (exact) mass is 153 g/mol. The number of rotatable bonds is 0. The third-order valence-electron chi connectivity index (χ3n) is 4.56. The van der Waals surface area contributed by atoms with E-state index in [2.05, 4.69) is 26.1 Å². The fourth-order valence-corrected chi connectivity index (χ4v) is 3.07. The van der Waals surface area contributed by atoms with E-state index in [-0.39, 0.29) is 0 Å². The highest BCUT2D eigenvalue weighted by Crippen LogP contribution is 2.57. The summed E-state index contributed by atoms with van der Waals surface area (Å²) in [4.78, 5) is 0. The smallest absolute Gasteiger partial charge is 0.00984 e. The van der Waals surface area contributed by atoms with E-state index in [4.69, 9.17) is 0 Å². The van der Waals surface area contributed by atoms with Crippen molar-refractivity contribution in [3.63, 3.8) is 0 Å². The quantitative estimate of drug-likeness (QED) is 0.562.